The van der Waals surface area contributed by atoms with Crippen molar-refractivity contribution in [2.24, 2.45) is 5.92 Å². The molecule has 0 bridgehead atoms. The molecule has 0 fully saturated rings. The Morgan fingerprint density at radius 1 is 0.964 bits per heavy atom. The predicted molar refractivity (Wildman–Crippen MR) is 100 cm³/mol. The second-order valence-corrected chi connectivity index (χ2v) is 6.41. The van der Waals surface area contributed by atoms with Crippen molar-refractivity contribution in [3.8, 4) is 23.0 Å². The number of rotatable bonds is 7. The molecule has 0 aliphatic carbocycles. The predicted octanol–water partition coefficient (Wildman–Crippen LogP) is 3.56. The molecule has 1 aliphatic rings. The van der Waals surface area contributed by atoms with Gasteiger partial charge in [-0.05, 0) is 42.8 Å². The molecule has 2 aromatic rings. The minimum atomic E-state index is -0.782. The van der Waals surface area contributed by atoms with Crippen LogP contribution in [0.1, 0.15) is 35.9 Å². The molecule has 0 amide bonds. The number of hydrogen-bond acceptors (Lipinski definition) is 7. The van der Waals surface area contributed by atoms with E-state index in [9.17, 15) is 9.59 Å². The number of methoxy groups -OCH3 is 2. The van der Waals surface area contributed by atoms with Gasteiger partial charge in [0.25, 0.3) is 0 Å². The molecule has 1 heterocycles. The molecule has 28 heavy (non-hydrogen) atoms. The maximum absolute atomic E-state index is 12.7. The van der Waals surface area contributed by atoms with Gasteiger partial charge in [-0.3, -0.25) is 4.79 Å². The van der Waals surface area contributed by atoms with Crippen molar-refractivity contribution >= 4 is 11.8 Å². The van der Waals surface area contributed by atoms with Gasteiger partial charge in [0.1, 0.15) is 11.9 Å². The van der Waals surface area contributed by atoms with Gasteiger partial charge in [0.15, 0.2) is 23.0 Å². The summed E-state index contributed by atoms with van der Waals surface area (Å²) in [6.45, 7) is 3.30. The van der Waals surface area contributed by atoms with Gasteiger partial charge >= 0.3 is 5.97 Å². The van der Waals surface area contributed by atoms with Crippen LogP contribution in [0.3, 0.4) is 0 Å². The van der Waals surface area contributed by atoms with Crippen LogP contribution >= 0.6 is 0 Å². The fraction of sp³-hybridized carbons (Fsp3) is 0.333. The van der Waals surface area contributed by atoms with E-state index >= 15 is 0 Å². The fourth-order valence-electron chi connectivity index (χ4n) is 2.91. The van der Waals surface area contributed by atoms with Gasteiger partial charge in [0.2, 0.25) is 6.79 Å². The maximum atomic E-state index is 12.7. The first-order chi connectivity index (χ1) is 13.4. The normalized spacial score (nSPS) is 14.1. The highest BCUT2D eigenvalue weighted by Crippen LogP contribution is 2.36. The van der Waals surface area contributed by atoms with E-state index in [4.69, 9.17) is 23.7 Å². The topological polar surface area (TPSA) is 80.3 Å². The van der Waals surface area contributed by atoms with Crippen LogP contribution in [0, 0.1) is 5.92 Å². The molecule has 2 atom stereocenters. The summed E-state index contributed by atoms with van der Waals surface area (Å²) < 4.78 is 26.9. The molecule has 148 valence electrons. The van der Waals surface area contributed by atoms with Crippen molar-refractivity contribution in [1.29, 1.82) is 0 Å². The Morgan fingerprint density at radius 3 is 2.36 bits per heavy atom. The van der Waals surface area contributed by atoms with Gasteiger partial charge < -0.3 is 23.7 Å². The Labute approximate surface area is 163 Å². The molecule has 0 spiro atoms. The van der Waals surface area contributed by atoms with E-state index in [1.807, 2.05) is 0 Å². The van der Waals surface area contributed by atoms with Gasteiger partial charge in [0.05, 0.1) is 25.7 Å². The summed E-state index contributed by atoms with van der Waals surface area (Å²) in [7, 11) is 3.05. The number of hydrogen-bond donors (Lipinski definition) is 0. The quantitative estimate of drug-likeness (QED) is 0.673. The summed E-state index contributed by atoms with van der Waals surface area (Å²) in [5, 5.41) is 0. The number of esters is 1. The highest BCUT2D eigenvalue weighted by Gasteiger charge is 2.29. The Hall–Kier alpha value is -3.22. The molecule has 1 aliphatic heterocycles. The summed E-state index contributed by atoms with van der Waals surface area (Å²) in [4.78, 5) is 24.8. The second-order valence-electron chi connectivity index (χ2n) is 6.41. The number of carbonyl (C=O) groups is 2. The van der Waals surface area contributed by atoms with Crippen molar-refractivity contribution in [3.63, 3.8) is 0 Å². The third-order valence-corrected chi connectivity index (χ3v) is 4.67. The number of ether oxygens (including phenoxy) is 5. The highest BCUT2D eigenvalue weighted by atomic mass is 16.7. The molecule has 0 radical (unpaired) electrons. The average Bonchev–Trinajstić information content (AvgIpc) is 3.18. The summed E-state index contributed by atoms with van der Waals surface area (Å²) in [6.07, 6.45) is -0.782. The third kappa shape index (κ3) is 3.88. The summed E-state index contributed by atoms with van der Waals surface area (Å²) in [5.74, 6) is 0.879. The molecule has 0 saturated heterocycles. The third-order valence-electron chi connectivity index (χ3n) is 4.67. The molecular formula is C21H22O7. The molecule has 0 aromatic heterocycles. The van der Waals surface area contributed by atoms with Crippen LogP contribution in [0.2, 0.25) is 0 Å². The van der Waals surface area contributed by atoms with Gasteiger partial charge in [-0.2, -0.15) is 0 Å². The second kappa shape index (κ2) is 8.21. The van der Waals surface area contributed by atoms with E-state index in [0.29, 0.717) is 34.1 Å². The first-order valence-electron chi connectivity index (χ1n) is 8.77. The Bertz CT molecular complexity index is 890. The van der Waals surface area contributed by atoms with E-state index in [1.54, 1.807) is 43.3 Å². The minimum Gasteiger partial charge on any atom is -0.493 e. The van der Waals surface area contributed by atoms with E-state index in [1.165, 1.54) is 21.1 Å². The SMILES string of the molecule is COc1ccc([C@H](OC(=O)c2ccc3c(c2)OCO3)[C@H](C)C(C)=O)cc1OC. The van der Waals surface area contributed by atoms with Crippen LogP contribution in [0.25, 0.3) is 0 Å². The van der Waals surface area contributed by atoms with E-state index < -0.39 is 18.0 Å². The smallest absolute Gasteiger partial charge is 0.338 e. The van der Waals surface area contributed by atoms with Gasteiger partial charge in [-0.15, -0.1) is 0 Å². The van der Waals surface area contributed by atoms with Crippen LogP contribution in [0.4, 0.5) is 0 Å². The molecule has 3 rings (SSSR count). The van der Waals surface area contributed by atoms with Crippen molar-refractivity contribution in [3.05, 3.63) is 47.5 Å². The van der Waals surface area contributed by atoms with Crippen LogP contribution in [-0.4, -0.2) is 32.8 Å². The lowest BCUT2D eigenvalue weighted by Gasteiger charge is -2.24. The van der Waals surface area contributed by atoms with E-state index in [2.05, 4.69) is 0 Å². The van der Waals surface area contributed by atoms with Crippen molar-refractivity contribution in [2.45, 2.75) is 20.0 Å². The molecule has 7 heteroatoms. The summed E-state index contributed by atoms with van der Waals surface area (Å²) in [6, 6.07) is 9.98. The van der Waals surface area contributed by atoms with Crippen LogP contribution in [0.5, 0.6) is 23.0 Å². The molecular weight excluding hydrogens is 364 g/mol. The Kier molecular flexibility index (Phi) is 5.73. The summed E-state index contributed by atoms with van der Waals surface area (Å²) in [5.41, 5.74) is 0.944. The largest absolute Gasteiger partial charge is 0.493 e. The Morgan fingerprint density at radius 2 is 1.68 bits per heavy atom. The lowest BCUT2D eigenvalue weighted by atomic mass is 9.93. The zero-order valence-electron chi connectivity index (χ0n) is 16.2. The van der Waals surface area contributed by atoms with E-state index in [-0.39, 0.29) is 12.6 Å². The number of ketones is 1. The number of benzene rings is 2. The molecule has 0 unspecified atom stereocenters. The maximum Gasteiger partial charge on any atom is 0.338 e. The number of carbonyl (C=O) groups excluding carboxylic acids is 2. The lowest BCUT2D eigenvalue weighted by Crippen LogP contribution is -2.23. The number of fused-ring (bicyclic) bond motifs is 1. The van der Waals surface area contributed by atoms with Crippen molar-refractivity contribution in [2.75, 3.05) is 21.0 Å². The van der Waals surface area contributed by atoms with Crippen LogP contribution in [-0.2, 0) is 9.53 Å². The van der Waals surface area contributed by atoms with Crippen molar-refractivity contribution in [1.82, 2.24) is 0 Å². The number of Topliss-reactive ketones (excluding diaryl/α,β-unsaturated/α-hetero) is 1. The average molecular weight is 386 g/mol. The lowest BCUT2D eigenvalue weighted by molar-refractivity contribution is -0.123. The highest BCUT2D eigenvalue weighted by molar-refractivity contribution is 5.91. The molecule has 0 N–H and O–H groups in total. The molecule has 0 saturated carbocycles. The van der Waals surface area contributed by atoms with Crippen molar-refractivity contribution < 1.29 is 33.3 Å². The first-order valence-corrected chi connectivity index (χ1v) is 8.77. The zero-order valence-corrected chi connectivity index (χ0v) is 16.2. The molecule has 2 aromatic carbocycles. The van der Waals surface area contributed by atoms with Gasteiger partial charge in [0, 0.05) is 0 Å². The minimum absolute atomic E-state index is 0.0988. The van der Waals surface area contributed by atoms with Crippen LogP contribution in [0.15, 0.2) is 36.4 Å². The fourth-order valence-corrected chi connectivity index (χ4v) is 2.91. The van der Waals surface area contributed by atoms with E-state index in [0.717, 1.165) is 0 Å². The Balaban J connectivity index is 1.90. The zero-order chi connectivity index (χ0) is 20.3. The van der Waals surface area contributed by atoms with Crippen LogP contribution < -0.4 is 18.9 Å². The first kappa shape index (κ1) is 19.5. The molecule has 7 nitrogen and oxygen atoms in total. The standard InChI is InChI=1S/C21H22O7/c1-12(13(2)22)20(14-5-7-16(24-3)18(9-14)25-4)28-21(23)15-6-8-17-19(10-15)27-11-26-17/h5-10,12,20H,11H2,1-4H3/t12-,20-/m1/s1. The summed E-state index contributed by atoms with van der Waals surface area (Å²) >= 11 is 0. The monoisotopic (exact) mass is 386 g/mol. The van der Waals surface area contributed by atoms with Gasteiger partial charge in [-0.25, -0.2) is 4.79 Å². The van der Waals surface area contributed by atoms with Gasteiger partial charge in [-0.1, -0.05) is 13.0 Å².